The number of hydrogen-bond acceptors (Lipinski definition) is 3. The molecule has 140 valence electrons. The molecule has 0 spiro atoms. The van der Waals surface area contributed by atoms with Crippen molar-refractivity contribution in [2.24, 2.45) is 0 Å². The Bertz CT molecular complexity index is 1000. The van der Waals surface area contributed by atoms with E-state index >= 15 is 0 Å². The number of aromatic nitrogens is 2. The van der Waals surface area contributed by atoms with Crippen LogP contribution in [0.1, 0.15) is 21.6 Å². The van der Waals surface area contributed by atoms with Crippen molar-refractivity contribution >= 4 is 46.5 Å². The number of methoxy groups -OCH3 is 1. The lowest BCUT2D eigenvalue weighted by Crippen LogP contribution is -2.14. The Labute approximate surface area is 171 Å². The zero-order valence-electron chi connectivity index (χ0n) is 14.6. The molecule has 0 aliphatic rings. The van der Waals surface area contributed by atoms with Crippen molar-refractivity contribution in [3.63, 3.8) is 0 Å². The van der Waals surface area contributed by atoms with Crippen molar-refractivity contribution < 1.29 is 9.53 Å². The van der Waals surface area contributed by atoms with E-state index in [1.807, 2.05) is 13.0 Å². The second-order valence-electron chi connectivity index (χ2n) is 5.88. The molecule has 0 saturated heterocycles. The SMILES string of the molecule is COc1ccc(Cl)cc1C(=O)Nc1cc(C)n(Cc2ccc(Cl)c(Cl)c2)n1. The Balaban J connectivity index is 1.79. The zero-order valence-corrected chi connectivity index (χ0v) is 16.9. The number of halogens is 3. The molecule has 0 saturated carbocycles. The van der Waals surface area contributed by atoms with Gasteiger partial charge in [0.1, 0.15) is 5.75 Å². The van der Waals surface area contributed by atoms with E-state index in [2.05, 4.69) is 10.4 Å². The lowest BCUT2D eigenvalue weighted by molar-refractivity contribution is 0.102. The minimum atomic E-state index is -0.353. The van der Waals surface area contributed by atoms with E-state index in [1.165, 1.54) is 7.11 Å². The minimum Gasteiger partial charge on any atom is -0.496 e. The number of anilines is 1. The highest BCUT2D eigenvalue weighted by atomic mass is 35.5. The molecule has 0 atom stereocenters. The Kier molecular flexibility index (Phi) is 5.95. The van der Waals surface area contributed by atoms with Gasteiger partial charge in [0, 0.05) is 16.8 Å². The lowest BCUT2D eigenvalue weighted by Gasteiger charge is -2.08. The maximum atomic E-state index is 12.6. The van der Waals surface area contributed by atoms with Gasteiger partial charge in [0.25, 0.3) is 5.91 Å². The fraction of sp³-hybridized carbons (Fsp3) is 0.158. The summed E-state index contributed by atoms with van der Waals surface area (Å²) in [7, 11) is 1.50. The monoisotopic (exact) mass is 423 g/mol. The summed E-state index contributed by atoms with van der Waals surface area (Å²) in [6.45, 7) is 2.40. The first kappa shape index (κ1) is 19.5. The van der Waals surface area contributed by atoms with Gasteiger partial charge in [0.15, 0.2) is 5.82 Å². The molecule has 3 rings (SSSR count). The average Bonchev–Trinajstić information content (AvgIpc) is 2.97. The molecule has 1 N–H and O–H groups in total. The Morgan fingerprint density at radius 2 is 1.89 bits per heavy atom. The first-order valence-corrected chi connectivity index (χ1v) is 9.14. The number of carbonyl (C=O) groups excluding carboxylic acids is 1. The van der Waals surface area contributed by atoms with Gasteiger partial charge >= 0.3 is 0 Å². The molecule has 5 nitrogen and oxygen atoms in total. The van der Waals surface area contributed by atoms with E-state index in [0.29, 0.717) is 38.7 Å². The maximum absolute atomic E-state index is 12.6. The number of hydrogen-bond donors (Lipinski definition) is 1. The fourth-order valence-corrected chi connectivity index (χ4v) is 3.08. The van der Waals surface area contributed by atoms with E-state index in [9.17, 15) is 4.79 Å². The summed E-state index contributed by atoms with van der Waals surface area (Å²) in [5.74, 6) is 0.511. The highest BCUT2D eigenvalue weighted by molar-refractivity contribution is 6.42. The molecular weight excluding hydrogens is 409 g/mol. The molecule has 0 aliphatic carbocycles. The summed E-state index contributed by atoms with van der Waals surface area (Å²) in [5.41, 5.74) is 2.17. The van der Waals surface area contributed by atoms with Gasteiger partial charge in [-0.05, 0) is 42.8 Å². The molecule has 0 aliphatic heterocycles. The predicted molar refractivity (Wildman–Crippen MR) is 108 cm³/mol. The van der Waals surface area contributed by atoms with Crippen LogP contribution in [0, 0.1) is 6.92 Å². The summed E-state index contributed by atoms with van der Waals surface area (Å²) in [6.07, 6.45) is 0. The van der Waals surface area contributed by atoms with Gasteiger partial charge < -0.3 is 10.1 Å². The number of ether oxygens (including phenoxy) is 1. The van der Waals surface area contributed by atoms with E-state index in [1.54, 1.807) is 41.1 Å². The standard InChI is InChI=1S/C19H16Cl3N3O2/c1-11-7-18(23-19(26)14-9-13(20)4-6-17(14)27-2)24-25(11)10-12-3-5-15(21)16(22)8-12/h3-9H,10H2,1-2H3,(H,23,24,26). The maximum Gasteiger partial charge on any atom is 0.260 e. The van der Waals surface area contributed by atoms with Crippen molar-refractivity contribution in [1.82, 2.24) is 9.78 Å². The molecule has 0 radical (unpaired) electrons. The highest BCUT2D eigenvalue weighted by Crippen LogP contribution is 2.25. The van der Waals surface area contributed by atoms with E-state index < -0.39 is 0 Å². The highest BCUT2D eigenvalue weighted by Gasteiger charge is 2.15. The predicted octanol–water partition coefficient (Wildman–Crippen LogP) is 5.46. The van der Waals surface area contributed by atoms with Crippen molar-refractivity contribution in [1.29, 1.82) is 0 Å². The molecule has 1 aromatic heterocycles. The van der Waals surface area contributed by atoms with Crippen LogP contribution in [0.3, 0.4) is 0 Å². The number of nitrogens with zero attached hydrogens (tertiary/aromatic N) is 2. The zero-order chi connectivity index (χ0) is 19.6. The molecule has 0 unspecified atom stereocenters. The second-order valence-corrected chi connectivity index (χ2v) is 7.13. The Morgan fingerprint density at radius 1 is 1.11 bits per heavy atom. The van der Waals surface area contributed by atoms with Crippen molar-refractivity contribution in [3.05, 3.63) is 74.4 Å². The topological polar surface area (TPSA) is 56.1 Å². The smallest absolute Gasteiger partial charge is 0.260 e. The van der Waals surface area contributed by atoms with Crippen molar-refractivity contribution in [3.8, 4) is 5.75 Å². The molecule has 0 fully saturated rings. The second kappa shape index (κ2) is 8.21. The van der Waals surface area contributed by atoms with Gasteiger partial charge in [0.05, 0.1) is 29.3 Å². The Hall–Kier alpha value is -2.21. The van der Waals surface area contributed by atoms with Gasteiger partial charge in [0.2, 0.25) is 0 Å². The van der Waals surface area contributed by atoms with Crippen molar-refractivity contribution in [2.45, 2.75) is 13.5 Å². The summed E-state index contributed by atoms with van der Waals surface area (Å²) >= 11 is 18.0. The third-order valence-corrected chi connectivity index (χ3v) is 4.92. The molecule has 3 aromatic rings. The van der Waals surface area contributed by atoms with Crippen LogP contribution < -0.4 is 10.1 Å². The van der Waals surface area contributed by atoms with Crippen LogP contribution in [0.4, 0.5) is 5.82 Å². The molecule has 1 amide bonds. The summed E-state index contributed by atoms with van der Waals surface area (Å²) in [5, 5.41) is 8.64. The van der Waals surface area contributed by atoms with E-state index in [4.69, 9.17) is 39.5 Å². The van der Waals surface area contributed by atoms with Crippen LogP contribution in [-0.4, -0.2) is 22.8 Å². The number of nitrogens with one attached hydrogen (secondary N) is 1. The molecule has 8 heteroatoms. The van der Waals surface area contributed by atoms with Gasteiger partial charge in [-0.3, -0.25) is 9.48 Å². The van der Waals surface area contributed by atoms with Gasteiger partial charge in [-0.15, -0.1) is 0 Å². The van der Waals surface area contributed by atoms with Gasteiger partial charge in [-0.25, -0.2) is 0 Å². The minimum absolute atomic E-state index is 0.335. The third-order valence-electron chi connectivity index (χ3n) is 3.95. The normalized spacial score (nSPS) is 10.7. The van der Waals surface area contributed by atoms with Crippen molar-refractivity contribution in [2.75, 3.05) is 12.4 Å². The van der Waals surface area contributed by atoms with Gasteiger partial charge in [-0.1, -0.05) is 40.9 Å². The van der Waals surface area contributed by atoms with Crippen LogP contribution in [0.25, 0.3) is 0 Å². The van der Waals surface area contributed by atoms with E-state index in [0.717, 1.165) is 11.3 Å². The third kappa shape index (κ3) is 4.56. The number of rotatable bonds is 5. The Morgan fingerprint density at radius 3 is 2.59 bits per heavy atom. The lowest BCUT2D eigenvalue weighted by atomic mass is 10.2. The molecular formula is C19H16Cl3N3O2. The van der Waals surface area contributed by atoms with Crippen LogP contribution >= 0.6 is 34.8 Å². The number of carbonyl (C=O) groups is 1. The largest absolute Gasteiger partial charge is 0.496 e. The first-order valence-electron chi connectivity index (χ1n) is 8.00. The molecule has 1 heterocycles. The van der Waals surface area contributed by atoms with Crippen LogP contribution in [0.2, 0.25) is 15.1 Å². The summed E-state index contributed by atoms with van der Waals surface area (Å²) in [4.78, 5) is 12.6. The van der Waals surface area contributed by atoms with E-state index in [-0.39, 0.29) is 5.91 Å². The summed E-state index contributed by atoms with van der Waals surface area (Å²) in [6, 6.07) is 12.1. The average molecular weight is 425 g/mol. The number of amides is 1. The van der Waals surface area contributed by atoms with Crippen LogP contribution in [-0.2, 0) is 6.54 Å². The molecule has 0 bridgehead atoms. The fourth-order valence-electron chi connectivity index (χ4n) is 2.58. The quantitative estimate of drug-likeness (QED) is 0.591. The van der Waals surface area contributed by atoms with Crippen LogP contribution in [0.15, 0.2) is 42.5 Å². The van der Waals surface area contributed by atoms with Gasteiger partial charge in [-0.2, -0.15) is 5.10 Å². The molecule has 2 aromatic carbocycles. The first-order chi connectivity index (χ1) is 12.9. The number of aryl methyl sites for hydroxylation is 1. The summed E-state index contributed by atoms with van der Waals surface area (Å²) < 4.78 is 6.99. The number of benzene rings is 2. The molecule has 27 heavy (non-hydrogen) atoms. The van der Waals surface area contributed by atoms with Crippen LogP contribution in [0.5, 0.6) is 5.75 Å².